The van der Waals surface area contributed by atoms with Gasteiger partial charge in [-0.15, -0.1) is 0 Å². The molecule has 1 aliphatic heterocycles. The van der Waals surface area contributed by atoms with Gasteiger partial charge in [-0.2, -0.15) is 0 Å². The highest BCUT2D eigenvalue weighted by molar-refractivity contribution is 4.99. The summed E-state index contributed by atoms with van der Waals surface area (Å²) >= 11 is 0. The second kappa shape index (κ2) is 3.80. The van der Waals surface area contributed by atoms with Crippen molar-refractivity contribution in [3.8, 4) is 0 Å². The number of piperidine rings is 1. The van der Waals surface area contributed by atoms with Gasteiger partial charge in [0.2, 0.25) is 0 Å². The minimum Gasteiger partial charge on any atom is -0.386 e. The third-order valence-electron chi connectivity index (χ3n) is 2.33. The predicted molar refractivity (Wildman–Crippen MR) is 49.4 cm³/mol. The maximum atomic E-state index is 3.99. The Morgan fingerprint density at radius 2 is 2.36 bits per heavy atom. The molecule has 1 nitrogen and oxygen atoms in total. The second-order valence-corrected chi connectivity index (χ2v) is 3.78. The van der Waals surface area contributed by atoms with Crippen molar-refractivity contribution in [2.24, 2.45) is 5.92 Å². The van der Waals surface area contributed by atoms with Crippen LogP contribution < -0.4 is 5.32 Å². The molecule has 2 atom stereocenters. The Balaban J connectivity index is 2.36. The monoisotopic (exact) mass is 153 g/mol. The van der Waals surface area contributed by atoms with E-state index < -0.39 is 0 Å². The zero-order valence-electron chi connectivity index (χ0n) is 7.69. The van der Waals surface area contributed by atoms with Gasteiger partial charge in [-0.05, 0) is 25.2 Å². The van der Waals surface area contributed by atoms with Crippen LogP contribution in [0.15, 0.2) is 12.3 Å². The van der Waals surface area contributed by atoms with Crippen molar-refractivity contribution in [2.45, 2.75) is 45.6 Å². The van der Waals surface area contributed by atoms with E-state index in [1.54, 1.807) is 0 Å². The summed E-state index contributed by atoms with van der Waals surface area (Å²) in [4.78, 5) is 0. The molecule has 0 radical (unpaired) electrons. The van der Waals surface area contributed by atoms with Gasteiger partial charge in [0.15, 0.2) is 0 Å². The minimum absolute atomic E-state index is 0.705. The van der Waals surface area contributed by atoms with E-state index in [0.29, 0.717) is 6.04 Å². The molecule has 2 unspecified atom stereocenters. The van der Waals surface area contributed by atoms with Gasteiger partial charge in [-0.25, -0.2) is 0 Å². The molecule has 1 fully saturated rings. The van der Waals surface area contributed by atoms with Crippen molar-refractivity contribution in [1.29, 1.82) is 0 Å². The molecule has 0 amide bonds. The third kappa shape index (κ3) is 2.57. The highest BCUT2D eigenvalue weighted by Gasteiger charge is 2.18. The molecule has 1 heteroatoms. The summed E-state index contributed by atoms with van der Waals surface area (Å²) in [5, 5.41) is 3.45. The van der Waals surface area contributed by atoms with Crippen molar-refractivity contribution in [3.63, 3.8) is 0 Å². The van der Waals surface area contributed by atoms with E-state index in [0.717, 1.165) is 5.92 Å². The quantitative estimate of drug-likeness (QED) is 0.643. The maximum absolute atomic E-state index is 3.99. The Labute approximate surface area is 69.9 Å². The van der Waals surface area contributed by atoms with Gasteiger partial charge in [-0.1, -0.05) is 26.8 Å². The summed E-state index contributed by atoms with van der Waals surface area (Å²) in [5.41, 5.74) is 1.24. The molecule has 0 spiro atoms. The van der Waals surface area contributed by atoms with Crippen LogP contribution in [-0.4, -0.2) is 6.04 Å². The van der Waals surface area contributed by atoms with Crippen LogP contribution in [0.1, 0.15) is 39.5 Å². The molecule has 1 N–H and O–H groups in total. The van der Waals surface area contributed by atoms with E-state index in [2.05, 4.69) is 25.7 Å². The predicted octanol–water partition coefficient (Wildman–Crippen LogP) is 2.69. The first-order valence-electron chi connectivity index (χ1n) is 4.66. The van der Waals surface area contributed by atoms with Gasteiger partial charge in [0, 0.05) is 11.7 Å². The average Bonchev–Trinajstić information content (AvgIpc) is 1.85. The van der Waals surface area contributed by atoms with E-state index in [4.69, 9.17) is 0 Å². The number of hydrogen-bond donors (Lipinski definition) is 1. The van der Waals surface area contributed by atoms with Crippen LogP contribution in [0.2, 0.25) is 0 Å². The summed E-state index contributed by atoms with van der Waals surface area (Å²) in [6, 6.07) is 0.705. The molecular formula is C10H19N. The first-order chi connectivity index (χ1) is 5.22. The second-order valence-electron chi connectivity index (χ2n) is 3.78. The Hall–Kier alpha value is -0.460. The van der Waals surface area contributed by atoms with Gasteiger partial charge in [0.05, 0.1) is 0 Å². The Morgan fingerprint density at radius 1 is 1.64 bits per heavy atom. The summed E-state index contributed by atoms with van der Waals surface area (Å²) < 4.78 is 0. The van der Waals surface area contributed by atoms with Crippen LogP contribution >= 0.6 is 0 Å². The van der Waals surface area contributed by atoms with Crippen molar-refractivity contribution in [3.05, 3.63) is 12.3 Å². The fourth-order valence-electron chi connectivity index (χ4n) is 1.93. The number of allylic oxidation sites excluding steroid dienone is 1. The molecule has 1 heterocycles. The lowest BCUT2D eigenvalue weighted by atomic mass is 9.90. The van der Waals surface area contributed by atoms with Crippen molar-refractivity contribution in [2.75, 3.05) is 0 Å². The first-order valence-corrected chi connectivity index (χ1v) is 4.66. The Morgan fingerprint density at radius 3 is 2.91 bits per heavy atom. The van der Waals surface area contributed by atoms with E-state index >= 15 is 0 Å². The highest BCUT2D eigenvalue weighted by Crippen LogP contribution is 2.22. The van der Waals surface area contributed by atoms with Crippen LogP contribution in [0.4, 0.5) is 0 Å². The standard InChI is InChI=1S/C10H19N/c1-4-5-10-7-8(2)6-9(3)11-10/h8,10-11H,3-7H2,1-2H3. The van der Waals surface area contributed by atoms with Crippen LogP contribution in [0.5, 0.6) is 0 Å². The Kier molecular flexibility index (Phi) is 2.98. The number of rotatable bonds is 2. The van der Waals surface area contributed by atoms with Gasteiger partial charge >= 0.3 is 0 Å². The highest BCUT2D eigenvalue weighted by atomic mass is 14.9. The molecule has 0 aromatic heterocycles. The van der Waals surface area contributed by atoms with Gasteiger partial charge < -0.3 is 5.32 Å². The number of hydrogen-bond acceptors (Lipinski definition) is 1. The number of nitrogens with one attached hydrogen (secondary N) is 1. The average molecular weight is 153 g/mol. The fourth-order valence-corrected chi connectivity index (χ4v) is 1.93. The third-order valence-corrected chi connectivity index (χ3v) is 2.33. The Bertz CT molecular complexity index is 140. The van der Waals surface area contributed by atoms with Crippen molar-refractivity contribution >= 4 is 0 Å². The van der Waals surface area contributed by atoms with E-state index in [9.17, 15) is 0 Å². The molecule has 0 aliphatic carbocycles. The minimum atomic E-state index is 0.705. The van der Waals surface area contributed by atoms with E-state index in [-0.39, 0.29) is 0 Å². The summed E-state index contributed by atoms with van der Waals surface area (Å²) in [5.74, 6) is 0.834. The van der Waals surface area contributed by atoms with Crippen LogP contribution in [0, 0.1) is 5.92 Å². The summed E-state index contributed by atoms with van der Waals surface area (Å²) in [7, 11) is 0. The molecular weight excluding hydrogens is 134 g/mol. The van der Waals surface area contributed by atoms with E-state index in [1.165, 1.54) is 31.4 Å². The lowest BCUT2D eigenvalue weighted by Gasteiger charge is -2.30. The van der Waals surface area contributed by atoms with Crippen molar-refractivity contribution < 1.29 is 0 Å². The van der Waals surface area contributed by atoms with E-state index in [1.807, 2.05) is 0 Å². The molecule has 11 heavy (non-hydrogen) atoms. The fraction of sp³-hybridized carbons (Fsp3) is 0.800. The molecule has 0 bridgehead atoms. The molecule has 0 saturated carbocycles. The summed E-state index contributed by atoms with van der Waals surface area (Å²) in [6.07, 6.45) is 5.06. The largest absolute Gasteiger partial charge is 0.386 e. The maximum Gasteiger partial charge on any atom is 0.0260 e. The lowest BCUT2D eigenvalue weighted by molar-refractivity contribution is 0.346. The molecule has 1 saturated heterocycles. The SMILES string of the molecule is C=C1CC(C)CC(CCC)N1. The topological polar surface area (TPSA) is 12.0 Å². The van der Waals surface area contributed by atoms with Crippen LogP contribution in [-0.2, 0) is 0 Å². The normalized spacial score (nSPS) is 31.6. The smallest absolute Gasteiger partial charge is 0.0260 e. The molecule has 0 aromatic carbocycles. The van der Waals surface area contributed by atoms with Gasteiger partial charge in [-0.3, -0.25) is 0 Å². The summed E-state index contributed by atoms with van der Waals surface area (Å²) in [6.45, 7) is 8.54. The lowest BCUT2D eigenvalue weighted by Crippen LogP contribution is -2.35. The zero-order valence-corrected chi connectivity index (χ0v) is 7.69. The van der Waals surface area contributed by atoms with Gasteiger partial charge in [0.25, 0.3) is 0 Å². The molecule has 1 aliphatic rings. The molecule has 0 aromatic rings. The van der Waals surface area contributed by atoms with Crippen LogP contribution in [0.3, 0.4) is 0 Å². The van der Waals surface area contributed by atoms with Crippen LogP contribution in [0.25, 0.3) is 0 Å². The van der Waals surface area contributed by atoms with Crippen molar-refractivity contribution in [1.82, 2.24) is 5.32 Å². The zero-order chi connectivity index (χ0) is 8.27. The van der Waals surface area contributed by atoms with Gasteiger partial charge in [0.1, 0.15) is 0 Å². The molecule has 64 valence electrons. The molecule has 1 rings (SSSR count). The first kappa shape index (κ1) is 8.63.